The SMILES string of the molecule is CC(C)CC1(C)NS(=O)(=O)c2ccc(Br)cc21. The lowest BCUT2D eigenvalue weighted by Gasteiger charge is -2.26. The molecule has 1 heterocycles. The highest BCUT2D eigenvalue weighted by Gasteiger charge is 2.43. The fraction of sp³-hybridized carbons (Fsp3) is 0.500. The Balaban J connectivity index is 2.60. The van der Waals surface area contributed by atoms with Gasteiger partial charge < -0.3 is 0 Å². The van der Waals surface area contributed by atoms with Gasteiger partial charge in [0, 0.05) is 4.47 Å². The molecule has 1 aromatic carbocycles. The molecule has 1 unspecified atom stereocenters. The highest BCUT2D eigenvalue weighted by molar-refractivity contribution is 9.10. The first kappa shape index (κ1) is 13.1. The Bertz CT molecular complexity index is 554. The van der Waals surface area contributed by atoms with Crippen LogP contribution in [0.3, 0.4) is 0 Å². The van der Waals surface area contributed by atoms with Gasteiger partial charge in [0.1, 0.15) is 0 Å². The van der Waals surface area contributed by atoms with Crippen molar-refractivity contribution in [3.05, 3.63) is 28.2 Å². The lowest BCUT2D eigenvalue weighted by molar-refractivity contribution is 0.354. The zero-order chi connectivity index (χ0) is 12.8. The van der Waals surface area contributed by atoms with Crippen molar-refractivity contribution in [1.82, 2.24) is 4.72 Å². The normalized spacial score (nSPS) is 26.2. The van der Waals surface area contributed by atoms with E-state index >= 15 is 0 Å². The van der Waals surface area contributed by atoms with Crippen LogP contribution in [0.4, 0.5) is 0 Å². The molecule has 3 nitrogen and oxygen atoms in total. The van der Waals surface area contributed by atoms with Gasteiger partial charge in [-0.15, -0.1) is 0 Å². The molecule has 0 saturated heterocycles. The molecule has 0 aliphatic carbocycles. The quantitative estimate of drug-likeness (QED) is 0.911. The van der Waals surface area contributed by atoms with Crippen LogP contribution in [0.1, 0.15) is 32.8 Å². The van der Waals surface area contributed by atoms with E-state index < -0.39 is 15.6 Å². The van der Waals surface area contributed by atoms with Crippen molar-refractivity contribution in [3.63, 3.8) is 0 Å². The second kappa shape index (κ2) is 4.07. The van der Waals surface area contributed by atoms with Crippen LogP contribution in [0, 0.1) is 5.92 Å². The molecule has 0 saturated carbocycles. The van der Waals surface area contributed by atoms with Gasteiger partial charge in [0.25, 0.3) is 0 Å². The van der Waals surface area contributed by atoms with Gasteiger partial charge in [-0.2, -0.15) is 0 Å². The number of benzene rings is 1. The van der Waals surface area contributed by atoms with Crippen molar-refractivity contribution in [1.29, 1.82) is 0 Å². The van der Waals surface area contributed by atoms with E-state index in [0.29, 0.717) is 10.8 Å². The molecule has 94 valence electrons. The van der Waals surface area contributed by atoms with Crippen molar-refractivity contribution in [2.24, 2.45) is 5.92 Å². The monoisotopic (exact) mass is 317 g/mol. The molecule has 2 rings (SSSR count). The molecule has 0 amide bonds. The lowest BCUT2D eigenvalue weighted by atomic mass is 9.85. The maximum Gasteiger partial charge on any atom is 0.241 e. The largest absolute Gasteiger partial charge is 0.241 e. The summed E-state index contributed by atoms with van der Waals surface area (Å²) in [5, 5.41) is 0. The second-order valence-electron chi connectivity index (χ2n) is 5.18. The van der Waals surface area contributed by atoms with E-state index in [1.807, 2.05) is 13.0 Å². The van der Waals surface area contributed by atoms with Crippen LogP contribution in [0.15, 0.2) is 27.6 Å². The number of nitrogens with one attached hydrogen (secondary N) is 1. The third kappa shape index (κ3) is 2.28. The molecule has 1 aromatic rings. The summed E-state index contributed by atoms with van der Waals surface area (Å²) in [6, 6.07) is 5.32. The number of rotatable bonds is 2. The zero-order valence-electron chi connectivity index (χ0n) is 10.1. The summed E-state index contributed by atoms with van der Waals surface area (Å²) >= 11 is 3.40. The summed E-state index contributed by atoms with van der Waals surface area (Å²) in [5.74, 6) is 0.424. The number of fused-ring (bicyclic) bond motifs is 1. The van der Waals surface area contributed by atoms with E-state index in [2.05, 4.69) is 34.5 Å². The molecule has 0 aromatic heterocycles. The van der Waals surface area contributed by atoms with Gasteiger partial charge in [0.15, 0.2) is 0 Å². The fourth-order valence-corrected chi connectivity index (χ4v) is 4.62. The minimum atomic E-state index is -3.35. The molecule has 1 atom stereocenters. The number of hydrogen-bond donors (Lipinski definition) is 1. The Labute approximate surface area is 111 Å². The first-order chi connectivity index (χ1) is 7.74. The van der Waals surface area contributed by atoms with Crippen molar-refractivity contribution in [2.45, 2.75) is 37.6 Å². The van der Waals surface area contributed by atoms with Crippen LogP contribution in [0.5, 0.6) is 0 Å². The van der Waals surface area contributed by atoms with Gasteiger partial charge >= 0.3 is 0 Å². The molecular weight excluding hydrogens is 302 g/mol. The van der Waals surface area contributed by atoms with Crippen LogP contribution < -0.4 is 4.72 Å². The molecule has 5 heteroatoms. The predicted octanol–water partition coefficient (Wildman–Crippen LogP) is 3.00. The first-order valence-electron chi connectivity index (χ1n) is 5.59. The minimum absolute atomic E-state index is 0.406. The molecular formula is C12H16BrNO2S. The van der Waals surface area contributed by atoms with Crippen molar-refractivity contribution in [2.75, 3.05) is 0 Å². The summed E-state index contributed by atoms with van der Waals surface area (Å²) in [6.45, 7) is 6.13. The Morgan fingerprint density at radius 3 is 2.65 bits per heavy atom. The fourth-order valence-electron chi connectivity index (χ4n) is 2.54. The summed E-state index contributed by atoms with van der Waals surface area (Å²) in [4.78, 5) is 0.406. The maximum atomic E-state index is 12.0. The summed E-state index contributed by atoms with van der Waals surface area (Å²) < 4.78 is 27.8. The summed E-state index contributed by atoms with van der Waals surface area (Å²) in [5.41, 5.74) is 0.368. The van der Waals surface area contributed by atoms with E-state index in [1.54, 1.807) is 12.1 Å². The van der Waals surface area contributed by atoms with E-state index in [9.17, 15) is 8.42 Å². The lowest BCUT2D eigenvalue weighted by Crippen LogP contribution is -2.37. The van der Waals surface area contributed by atoms with E-state index in [1.165, 1.54) is 0 Å². The number of sulfonamides is 1. The average Bonchev–Trinajstić information content (AvgIpc) is 2.32. The maximum absolute atomic E-state index is 12.0. The summed E-state index contributed by atoms with van der Waals surface area (Å²) in [7, 11) is -3.35. The minimum Gasteiger partial charge on any atom is -0.207 e. The van der Waals surface area contributed by atoms with Crippen LogP contribution in [-0.4, -0.2) is 8.42 Å². The van der Waals surface area contributed by atoms with Crippen LogP contribution in [0.2, 0.25) is 0 Å². The molecule has 0 fully saturated rings. The smallest absolute Gasteiger partial charge is 0.207 e. The Hall–Kier alpha value is -0.390. The molecule has 1 aliphatic rings. The van der Waals surface area contributed by atoms with Crippen LogP contribution in [-0.2, 0) is 15.6 Å². The highest BCUT2D eigenvalue weighted by Crippen LogP contribution is 2.40. The molecule has 0 spiro atoms. The number of hydrogen-bond acceptors (Lipinski definition) is 2. The molecule has 17 heavy (non-hydrogen) atoms. The van der Waals surface area contributed by atoms with E-state index in [4.69, 9.17) is 0 Å². The van der Waals surface area contributed by atoms with Crippen LogP contribution in [0.25, 0.3) is 0 Å². The standard InChI is InChI=1S/C12H16BrNO2S/c1-8(2)7-12(3)10-6-9(13)4-5-11(10)17(15,16)14-12/h4-6,8,14H,7H2,1-3H3. The molecule has 0 radical (unpaired) electrons. The average molecular weight is 318 g/mol. The Morgan fingerprint density at radius 2 is 2.06 bits per heavy atom. The second-order valence-corrected chi connectivity index (χ2v) is 7.74. The van der Waals surface area contributed by atoms with E-state index in [-0.39, 0.29) is 0 Å². The molecule has 0 bridgehead atoms. The van der Waals surface area contributed by atoms with E-state index in [0.717, 1.165) is 16.5 Å². The van der Waals surface area contributed by atoms with Gasteiger partial charge in [0.2, 0.25) is 10.0 Å². The zero-order valence-corrected chi connectivity index (χ0v) is 12.5. The number of halogens is 1. The van der Waals surface area contributed by atoms with Gasteiger partial charge in [-0.05, 0) is 43.0 Å². The van der Waals surface area contributed by atoms with Crippen molar-refractivity contribution < 1.29 is 8.42 Å². The Morgan fingerprint density at radius 1 is 1.41 bits per heavy atom. The van der Waals surface area contributed by atoms with Gasteiger partial charge in [-0.25, -0.2) is 13.1 Å². The third-order valence-electron chi connectivity index (χ3n) is 3.00. The van der Waals surface area contributed by atoms with Gasteiger partial charge in [-0.3, -0.25) is 0 Å². The topological polar surface area (TPSA) is 46.2 Å². The van der Waals surface area contributed by atoms with Gasteiger partial charge in [-0.1, -0.05) is 29.8 Å². The first-order valence-corrected chi connectivity index (χ1v) is 7.86. The molecule has 1 N–H and O–H groups in total. The predicted molar refractivity (Wildman–Crippen MR) is 71.3 cm³/mol. The third-order valence-corrected chi connectivity index (χ3v) is 5.15. The van der Waals surface area contributed by atoms with Crippen LogP contribution >= 0.6 is 15.9 Å². The van der Waals surface area contributed by atoms with Crippen molar-refractivity contribution in [3.8, 4) is 0 Å². The molecule has 1 aliphatic heterocycles. The summed E-state index contributed by atoms with van der Waals surface area (Å²) in [6.07, 6.45) is 0.787. The van der Waals surface area contributed by atoms with Crippen molar-refractivity contribution >= 4 is 26.0 Å². The highest BCUT2D eigenvalue weighted by atomic mass is 79.9. The van der Waals surface area contributed by atoms with Gasteiger partial charge in [0.05, 0.1) is 10.4 Å². The Kier molecular flexibility index (Phi) is 3.13.